The molecule has 0 bridgehead atoms. The van der Waals surface area contributed by atoms with E-state index in [1.807, 2.05) is 12.1 Å². The fourth-order valence-electron chi connectivity index (χ4n) is 3.68. The first-order chi connectivity index (χ1) is 13.1. The average molecular weight is 391 g/mol. The highest BCUT2D eigenvalue weighted by molar-refractivity contribution is 5.82. The summed E-state index contributed by atoms with van der Waals surface area (Å²) in [5.41, 5.74) is 0.585. The first-order valence-corrected chi connectivity index (χ1v) is 10.0. The van der Waals surface area contributed by atoms with Crippen LogP contribution in [0.4, 0.5) is 4.79 Å². The third-order valence-corrected chi connectivity index (χ3v) is 5.22. The van der Waals surface area contributed by atoms with E-state index >= 15 is 0 Å². The molecule has 2 amide bonds. The lowest BCUT2D eigenvalue weighted by Crippen LogP contribution is -2.46. The SMILES string of the molecule is COc1ccc(C2(CNC(=O)CN(C)C(=O)OC(C)(C)C)CCCCC2)cc1. The number of carbonyl (C=O) groups excluding carboxylic acids is 2. The minimum Gasteiger partial charge on any atom is -0.497 e. The van der Waals surface area contributed by atoms with Crippen molar-refractivity contribution in [2.45, 2.75) is 63.9 Å². The van der Waals surface area contributed by atoms with Crippen LogP contribution in [-0.2, 0) is 14.9 Å². The van der Waals surface area contributed by atoms with Crippen molar-refractivity contribution in [3.63, 3.8) is 0 Å². The second-order valence-corrected chi connectivity index (χ2v) is 8.68. The zero-order valence-electron chi connectivity index (χ0n) is 17.8. The van der Waals surface area contributed by atoms with E-state index < -0.39 is 11.7 Å². The number of amides is 2. The summed E-state index contributed by atoms with van der Waals surface area (Å²) in [5.74, 6) is 0.657. The van der Waals surface area contributed by atoms with Gasteiger partial charge in [0.25, 0.3) is 0 Å². The first kappa shape index (κ1) is 22.1. The minimum atomic E-state index is -0.581. The van der Waals surface area contributed by atoms with Gasteiger partial charge in [-0.05, 0) is 51.3 Å². The van der Waals surface area contributed by atoms with Gasteiger partial charge in [0.15, 0.2) is 0 Å². The third kappa shape index (κ3) is 6.14. The van der Waals surface area contributed by atoms with Gasteiger partial charge in [-0.3, -0.25) is 4.79 Å². The quantitative estimate of drug-likeness (QED) is 0.800. The Morgan fingerprint density at radius 2 is 1.71 bits per heavy atom. The Hall–Kier alpha value is -2.24. The summed E-state index contributed by atoms with van der Waals surface area (Å²) in [6, 6.07) is 8.15. The molecule has 0 atom stereocenters. The number of benzene rings is 1. The highest BCUT2D eigenvalue weighted by atomic mass is 16.6. The van der Waals surface area contributed by atoms with Crippen molar-refractivity contribution >= 4 is 12.0 Å². The zero-order chi connectivity index (χ0) is 20.8. The predicted octanol–water partition coefficient (Wildman–Crippen LogP) is 3.88. The monoisotopic (exact) mass is 390 g/mol. The van der Waals surface area contributed by atoms with Gasteiger partial charge in [-0.15, -0.1) is 0 Å². The second kappa shape index (κ2) is 9.30. The highest BCUT2D eigenvalue weighted by Crippen LogP contribution is 2.39. The fraction of sp³-hybridized carbons (Fsp3) is 0.636. The van der Waals surface area contributed by atoms with Crippen LogP contribution in [0.2, 0.25) is 0 Å². The van der Waals surface area contributed by atoms with Crippen molar-refractivity contribution in [2.75, 3.05) is 27.2 Å². The Bertz CT molecular complexity index is 658. The number of carbonyl (C=O) groups is 2. The van der Waals surface area contributed by atoms with Crippen LogP contribution in [0, 0.1) is 0 Å². The Morgan fingerprint density at radius 1 is 1.11 bits per heavy atom. The molecular formula is C22H34N2O4. The number of nitrogens with one attached hydrogen (secondary N) is 1. The molecule has 0 aromatic heterocycles. The molecule has 0 radical (unpaired) electrons. The maximum absolute atomic E-state index is 12.5. The number of ether oxygens (including phenoxy) is 2. The number of likely N-dealkylation sites (N-methyl/N-ethyl adjacent to an activating group) is 1. The molecule has 0 saturated heterocycles. The normalized spacial score (nSPS) is 16.2. The van der Waals surface area contributed by atoms with Gasteiger partial charge in [-0.2, -0.15) is 0 Å². The maximum Gasteiger partial charge on any atom is 0.410 e. The summed E-state index contributed by atoms with van der Waals surface area (Å²) < 4.78 is 10.6. The van der Waals surface area contributed by atoms with Crippen LogP contribution < -0.4 is 10.1 Å². The molecule has 1 aliphatic carbocycles. The number of rotatable bonds is 6. The molecule has 0 unspecified atom stereocenters. The molecule has 6 heteroatoms. The molecule has 0 aliphatic heterocycles. The van der Waals surface area contributed by atoms with Crippen molar-refractivity contribution in [3.8, 4) is 5.75 Å². The van der Waals surface area contributed by atoms with E-state index in [4.69, 9.17) is 9.47 Å². The Morgan fingerprint density at radius 3 is 2.25 bits per heavy atom. The van der Waals surface area contributed by atoms with E-state index in [9.17, 15) is 9.59 Å². The molecule has 1 aromatic rings. The smallest absolute Gasteiger partial charge is 0.410 e. The van der Waals surface area contributed by atoms with Crippen molar-refractivity contribution in [2.24, 2.45) is 0 Å². The number of hydrogen-bond acceptors (Lipinski definition) is 4. The molecule has 0 heterocycles. The summed E-state index contributed by atoms with van der Waals surface area (Å²) in [5, 5.41) is 3.05. The van der Waals surface area contributed by atoms with Gasteiger partial charge >= 0.3 is 6.09 Å². The lowest BCUT2D eigenvalue weighted by molar-refractivity contribution is -0.122. The van der Waals surface area contributed by atoms with E-state index in [1.54, 1.807) is 34.9 Å². The molecule has 0 spiro atoms. The Kier molecular flexibility index (Phi) is 7.33. The number of nitrogens with zero attached hydrogens (tertiary/aromatic N) is 1. The van der Waals surface area contributed by atoms with Crippen LogP contribution in [0.3, 0.4) is 0 Å². The van der Waals surface area contributed by atoms with Crippen LogP contribution in [0.15, 0.2) is 24.3 Å². The molecule has 1 aliphatic rings. The van der Waals surface area contributed by atoms with Gasteiger partial charge in [0.2, 0.25) is 5.91 Å². The van der Waals surface area contributed by atoms with Gasteiger partial charge in [0.1, 0.15) is 17.9 Å². The molecular weight excluding hydrogens is 356 g/mol. The first-order valence-electron chi connectivity index (χ1n) is 10.0. The molecule has 6 nitrogen and oxygen atoms in total. The summed E-state index contributed by atoms with van der Waals surface area (Å²) in [6.07, 6.45) is 5.13. The molecule has 1 N–H and O–H groups in total. The maximum atomic E-state index is 12.5. The summed E-state index contributed by atoms with van der Waals surface area (Å²) in [4.78, 5) is 25.8. The molecule has 156 valence electrons. The number of hydrogen-bond donors (Lipinski definition) is 1. The van der Waals surface area contributed by atoms with Gasteiger partial charge in [0, 0.05) is 19.0 Å². The van der Waals surface area contributed by atoms with Crippen LogP contribution in [-0.4, -0.2) is 49.7 Å². The van der Waals surface area contributed by atoms with Gasteiger partial charge in [0.05, 0.1) is 7.11 Å². The topological polar surface area (TPSA) is 67.9 Å². The molecule has 28 heavy (non-hydrogen) atoms. The molecule has 1 saturated carbocycles. The summed E-state index contributed by atoms with van der Waals surface area (Å²) in [6.45, 7) is 5.97. The molecule has 1 aromatic carbocycles. The van der Waals surface area contributed by atoms with E-state index in [-0.39, 0.29) is 17.9 Å². The van der Waals surface area contributed by atoms with Gasteiger partial charge in [-0.1, -0.05) is 31.4 Å². The largest absolute Gasteiger partial charge is 0.497 e. The summed E-state index contributed by atoms with van der Waals surface area (Å²) in [7, 11) is 3.24. The third-order valence-electron chi connectivity index (χ3n) is 5.22. The second-order valence-electron chi connectivity index (χ2n) is 8.68. The lowest BCUT2D eigenvalue weighted by atomic mass is 9.69. The van der Waals surface area contributed by atoms with Crippen LogP contribution in [0.1, 0.15) is 58.4 Å². The molecule has 1 fully saturated rings. The van der Waals surface area contributed by atoms with E-state index in [1.165, 1.54) is 16.9 Å². The Balaban J connectivity index is 1.99. The summed E-state index contributed by atoms with van der Waals surface area (Å²) >= 11 is 0. The van der Waals surface area contributed by atoms with Crippen LogP contribution in [0.25, 0.3) is 0 Å². The zero-order valence-corrected chi connectivity index (χ0v) is 17.8. The Labute approximate surface area is 168 Å². The van der Waals surface area contributed by atoms with Crippen LogP contribution in [0.5, 0.6) is 5.75 Å². The number of methoxy groups -OCH3 is 1. The lowest BCUT2D eigenvalue weighted by Gasteiger charge is -2.38. The predicted molar refractivity (Wildman–Crippen MR) is 110 cm³/mol. The average Bonchev–Trinajstić information content (AvgIpc) is 2.66. The molecule has 2 rings (SSSR count). The van der Waals surface area contributed by atoms with E-state index in [2.05, 4.69) is 17.4 Å². The van der Waals surface area contributed by atoms with Gasteiger partial charge < -0.3 is 19.7 Å². The van der Waals surface area contributed by atoms with E-state index in [0.717, 1.165) is 31.4 Å². The van der Waals surface area contributed by atoms with Crippen molar-refractivity contribution in [3.05, 3.63) is 29.8 Å². The minimum absolute atomic E-state index is 0.0202. The highest BCUT2D eigenvalue weighted by Gasteiger charge is 2.34. The standard InChI is InChI=1S/C22H34N2O4/c1-21(2,3)28-20(26)24(4)15-19(25)23-16-22(13-7-6-8-14-22)17-9-11-18(27-5)12-10-17/h9-12H,6-8,13-16H2,1-5H3,(H,23,25). The van der Waals surface area contributed by atoms with Crippen molar-refractivity contribution in [1.82, 2.24) is 10.2 Å². The van der Waals surface area contributed by atoms with Gasteiger partial charge in [-0.25, -0.2) is 4.79 Å². The fourth-order valence-corrected chi connectivity index (χ4v) is 3.68. The van der Waals surface area contributed by atoms with Crippen molar-refractivity contribution in [1.29, 1.82) is 0 Å². The van der Waals surface area contributed by atoms with Crippen LogP contribution >= 0.6 is 0 Å². The van der Waals surface area contributed by atoms with Crippen molar-refractivity contribution < 1.29 is 19.1 Å². The van der Waals surface area contributed by atoms with E-state index in [0.29, 0.717) is 6.54 Å².